The Bertz CT molecular complexity index is 1240. The number of morpholine rings is 1. The van der Waals surface area contributed by atoms with Crippen LogP contribution < -0.4 is 35.1 Å². The first-order chi connectivity index (χ1) is 16.9. The molecule has 1 saturated heterocycles. The second-order valence-corrected chi connectivity index (χ2v) is 8.51. The van der Waals surface area contributed by atoms with Gasteiger partial charge in [-0.2, -0.15) is 5.26 Å². The van der Waals surface area contributed by atoms with Gasteiger partial charge in [-0.1, -0.05) is 0 Å². The number of hydrogen-bond acceptors (Lipinski definition) is 8. The van der Waals surface area contributed by atoms with Gasteiger partial charge in [0.05, 0.1) is 59.1 Å². The molecule has 4 rings (SSSR count). The van der Waals surface area contributed by atoms with Crippen LogP contribution in [0.4, 0.5) is 0 Å². The second kappa shape index (κ2) is 10.3. The summed E-state index contributed by atoms with van der Waals surface area (Å²) in [5.41, 5.74) is 7.72. The van der Waals surface area contributed by atoms with Crippen LogP contribution in [-0.4, -0.2) is 58.7 Å². The van der Waals surface area contributed by atoms with Crippen LogP contribution in [0.1, 0.15) is 22.7 Å². The van der Waals surface area contributed by atoms with Crippen molar-refractivity contribution in [1.82, 2.24) is 4.57 Å². The normalized spacial score (nSPS) is 17.9. The molecule has 1 atom stereocenters. The van der Waals surface area contributed by atoms with E-state index in [9.17, 15) is 10.1 Å². The maximum Gasteiger partial charge on any atom is 0.258 e. The Hall–Kier alpha value is -3.68. The second-order valence-electron chi connectivity index (χ2n) is 8.51. The minimum absolute atomic E-state index is 0.0452. The molecule has 2 aliphatic rings. The molecule has 0 aliphatic carbocycles. The van der Waals surface area contributed by atoms with E-state index in [2.05, 4.69) is 6.07 Å². The standard InChI is InChI=1S/C25H30N4O6/c1-15-11-21-23(25(30)29(15)6-5-28-7-9-34-10-8-28)22(17(14-26)24(27)35-21)16-12-19(32-3)20(33-4)13-18(16)31-2/h11-13,22H,5-10,27H2,1-4H3/p+1/t22-/m0/s1. The molecule has 0 saturated carbocycles. The average molecular weight is 484 g/mol. The van der Waals surface area contributed by atoms with Gasteiger partial charge < -0.3 is 38.9 Å². The van der Waals surface area contributed by atoms with Gasteiger partial charge in [0, 0.05) is 23.4 Å². The van der Waals surface area contributed by atoms with Crippen molar-refractivity contribution in [3.8, 4) is 29.1 Å². The van der Waals surface area contributed by atoms with E-state index in [0.29, 0.717) is 40.7 Å². The van der Waals surface area contributed by atoms with Crippen molar-refractivity contribution >= 4 is 0 Å². The summed E-state index contributed by atoms with van der Waals surface area (Å²) in [7, 11) is 4.56. The summed E-state index contributed by atoms with van der Waals surface area (Å²) in [4.78, 5) is 15.3. The van der Waals surface area contributed by atoms with Gasteiger partial charge >= 0.3 is 0 Å². The molecule has 0 spiro atoms. The smallest absolute Gasteiger partial charge is 0.258 e. The molecular formula is C25H31N4O6+. The van der Waals surface area contributed by atoms with Crippen molar-refractivity contribution in [2.75, 3.05) is 54.2 Å². The maximum absolute atomic E-state index is 13.9. The predicted molar refractivity (Wildman–Crippen MR) is 127 cm³/mol. The molecule has 1 aromatic heterocycles. The fraction of sp³-hybridized carbons (Fsp3) is 0.440. The van der Waals surface area contributed by atoms with Crippen LogP contribution in [-0.2, 0) is 11.3 Å². The molecule has 1 fully saturated rings. The molecule has 2 aromatic rings. The SMILES string of the molecule is COc1cc(OC)c([C@H]2C(C#N)=C(N)Oc3cc(C)n(CC[NH+]4CCOCC4)c(=O)c32)cc1OC. The third-order valence-corrected chi connectivity index (χ3v) is 6.63. The molecular weight excluding hydrogens is 452 g/mol. The lowest BCUT2D eigenvalue weighted by molar-refractivity contribution is -0.908. The first-order valence-corrected chi connectivity index (χ1v) is 11.5. The summed E-state index contributed by atoms with van der Waals surface area (Å²) >= 11 is 0. The van der Waals surface area contributed by atoms with Gasteiger partial charge in [0.2, 0.25) is 5.88 Å². The number of nitriles is 1. The largest absolute Gasteiger partial charge is 0.496 e. The van der Waals surface area contributed by atoms with E-state index in [1.807, 2.05) is 6.92 Å². The highest BCUT2D eigenvalue weighted by Crippen LogP contribution is 2.46. The molecule has 0 bridgehead atoms. The molecule has 3 N–H and O–H groups in total. The number of ether oxygens (including phenoxy) is 5. The molecule has 186 valence electrons. The van der Waals surface area contributed by atoms with Crippen LogP contribution in [0.3, 0.4) is 0 Å². The lowest BCUT2D eigenvalue weighted by Gasteiger charge is -2.29. The predicted octanol–water partition coefficient (Wildman–Crippen LogP) is 0.316. The zero-order valence-electron chi connectivity index (χ0n) is 20.5. The van der Waals surface area contributed by atoms with Crippen molar-refractivity contribution < 1.29 is 28.6 Å². The lowest BCUT2D eigenvalue weighted by Crippen LogP contribution is -3.14. The fourth-order valence-electron chi connectivity index (χ4n) is 4.73. The quantitative estimate of drug-likeness (QED) is 0.577. The number of hydrogen-bond donors (Lipinski definition) is 2. The Morgan fingerprint density at radius 2 is 1.77 bits per heavy atom. The van der Waals surface area contributed by atoms with Crippen LogP contribution in [0.2, 0.25) is 0 Å². The van der Waals surface area contributed by atoms with Crippen molar-refractivity contribution in [2.45, 2.75) is 19.4 Å². The summed E-state index contributed by atoms with van der Waals surface area (Å²) < 4.78 is 29.5. The van der Waals surface area contributed by atoms with Gasteiger partial charge in [0.1, 0.15) is 36.2 Å². The molecule has 0 amide bonds. The number of allylic oxidation sites excluding steroid dienone is 1. The minimum Gasteiger partial charge on any atom is -0.496 e. The zero-order valence-corrected chi connectivity index (χ0v) is 20.5. The molecule has 0 unspecified atom stereocenters. The fourth-order valence-corrected chi connectivity index (χ4v) is 4.73. The van der Waals surface area contributed by atoms with Gasteiger partial charge in [-0.05, 0) is 13.0 Å². The van der Waals surface area contributed by atoms with Crippen molar-refractivity contribution in [3.63, 3.8) is 0 Å². The molecule has 3 heterocycles. The molecule has 10 nitrogen and oxygen atoms in total. The Labute approximate surface area is 204 Å². The van der Waals surface area contributed by atoms with Crippen molar-refractivity contribution in [1.29, 1.82) is 5.26 Å². The number of pyridine rings is 1. The van der Waals surface area contributed by atoms with E-state index in [0.717, 1.165) is 38.5 Å². The van der Waals surface area contributed by atoms with E-state index in [-0.39, 0.29) is 17.0 Å². The highest BCUT2D eigenvalue weighted by molar-refractivity contribution is 5.61. The average Bonchev–Trinajstić information content (AvgIpc) is 2.87. The van der Waals surface area contributed by atoms with Crippen LogP contribution in [0.5, 0.6) is 23.0 Å². The number of rotatable bonds is 7. The number of nitrogens with two attached hydrogens (primary N) is 1. The maximum atomic E-state index is 13.9. The third kappa shape index (κ3) is 4.52. The summed E-state index contributed by atoms with van der Waals surface area (Å²) in [6.45, 7) is 6.44. The van der Waals surface area contributed by atoms with Crippen LogP contribution >= 0.6 is 0 Å². The minimum atomic E-state index is -0.798. The molecule has 10 heteroatoms. The summed E-state index contributed by atoms with van der Waals surface area (Å²) in [5, 5.41) is 10.0. The van der Waals surface area contributed by atoms with E-state index >= 15 is 0 Å². The summed E-state index contributed by atoms with van der Waals surface area (Å²) in [5.74, 6) is 0.831. The van der Waals surface area contributed by atoms with Crippen molar-refractivity contribution in [2.24, 2.45) is 5.73 Å². The van der Waals surface area contributed by atoms with E-state index < -0.39 is 5.92 Å². The number of nitrogens with one attached hydrogen (secondary N) is 1. The third-order valence-electron chi connectivity index (χ3n) is 6.63. The van der Waals surface area contributed by atoms with Gasteiger partial charge in [-0.15, -0.1) is 0 Å². The zero-order chi connectivity index (χ0) is 25.1. The van der Waals surface area contributed by atoms with Gasteiger partial charge in [-0.3, -0.25) is 4.79 Å². The van der Waals surface area contributed by atoms with Gasteiger partial charge in [-0.25, -0.2) is 0 Å². The topological polar surface area (TPSA) is 122 Å². The van der Waals surface area contributed by atoms with E-state index in [4.69, 9.17) is 29.4 Å². The van der Waals surface area contributed by atoms with Crippen LogP contribution in [0.15, 0.2) is 34.4 Å². The van der Waals surface area contributed by atoms with Crippen LogP contribution in [0.25, 0.3) is 0 Å². The number of quaternary nitrogens is 1. The monoisotopic (exact) mass is 483 g/mol. The first kappa shape index (κ1) is 24.4. The number of fused-ring (bicyclic) bond motifs is 1. The summed E-state index contributed by atoms with van der Waals surface area (Å²) in [6.07, 6.45) is 0. The van der Waals surface area contributed by atoms with E-state index in [1.54, 1.807) is 22.8 Å². The summed E-state index contributed by atoms with van der Waals surface area (Å²) in [6, 6.07) is 7.32. The number of methoxy groups -OCH3 is 3. The number of aryl methyl sites for hydroxylation is 1. The Morgan fingerprint density at radius 1 is 1.11 bits per heavy atom. The van der Waals surface area contributed by atoms with Crippen molar-refractivity contribution in [3.05, 3.63) is 56.8 Å². The highest BCUT2D eigenvalue weighted by atomic mass is 16.5. The first-order valence-electron chi connectivity index (χ1n) is 11.5. The van der Waals surface area contributed by atoms with E-state index in [1.165, 1.54) is 26.2 Å². The molecule has 0 radical (unpaired) electrons. The molecule has 1 aromatic carbocycles. The molecule has 35 heavy (non-hydrogen) atoms. The Morgan fingerprint density at radius 3 is 2.40 bits per heavy atom. The lowest BCUT2D eigenvalue weighted by atomic mass is 9.83. The van der Waals surface area contributed by atoms with Gasteiger partial charge in [0.15, 0.2) is 11.5 Å². The van der Waals surface area contributed by atoms with Gasteiger partial charge in [0.25, 0.3) is 5.56 Å². The highest BCUT2D eigenvalue weighted by Gasteiger charge is 2.37. The molecule has 2 aliphatic heterocycles. The number of benzene rings is 1. The Balaban J connectivity index is 1.87. The Kier molecular flexibility index (Phi) is 7.19. The number of nitrogens with zero attached hydrogens (tertiary/aromatic N) is 2. The van der Waals surface area contributed by atoms with Crippen LogP contribution in [0, 0.1) is 18.3 Å². The number of aromatic nitrogens is 1.